The summed E-state index contributed by atoms with van der Waals surface area (Å²) in [6, 6.07) is 14.3. The number of ether oxygens (including phenoxy) is 2. The molecule has 5 heteroatoms. The third-order valence-electron chi connectivity index (χ3n) is 2.92. The van der Waals surface area contributed by atoms with Gasteiger partial charge in [-0.2, -0.15) is 5.10 Å². The van der Waals surface area contributed by atoms with E-state index < -0.39 is 0 Å². The van der Waals surface area contributed by atoms with Crippen LogP contribution < -0.4 is 14.9 Å². The summed E-state index contributed by atoms with van der Waals surface area (Å²) in [7, 11) is 1.58. The summed E-state index contributed by atoms with van der Waals surface area (Å²) in [5.41, 5.74) is 3.87. The van der Waals surface area contributed by atoms with Gasteiger partial charge in [-0.15, -0.1) is 0 Å². The minimum absolute atomic E-state index is 0.273. The first kappa shape index (κ1) is 15.6. The zero-order valence-corrected chi connectivity index (χ0v) is 12.6. The minimum atomic E-state index is -0.273. The van der Waals surface area contributed by atoms with Crippen molar-refractivity contribution in [1.82, 2.24) is 5.43 Å². The van der Waals surface area contributed by atoms with E-state index in [1.807, 2.05) is 31.2 Å². The predicted octanol–water partition coefficient (Wildman–Crippen LogP) is 2.86. The molecule has 5 nitrogen and oxygen atoms in total. The van der Waals surface area contributed by atoms with Gasteiger partial charge in [0.25, 0.3) is 5.91 Å². The third-order valence-corrected chi connectivity index (χ3v) is 2.92. The highest BCUT2D eigenvalue weighted by Gasteiger charge is 2.03. The maximum atomic E-state index is 11.9. The van der Waals surface area contributed by atoms with Crippen LogP contribution in [0.3, 0.4) is 0 Å². The number of hydrogen-bond acceptors (Lipinski definition) is 4. The molecule has 0 fully saturated rings. The Morgan fingerprint density at radius 1 is 1.09 bits per heavy atom. The number of carbonyl (C=O) groups excluding carboxylic acids is 1. The lowest BCUT2D eigenvalue weighted by molar-refractivity contribution is 0.0955. The quantitative estimate of drug-likeness (QED) is 0.659. The molecule has 0 saturated heterocycles. The summed E-state index contributed by atoms with van der Waals surface area (Å²) < 4.78 is 10.4. The standard InChI is InChI=1S/C17H18N2O3/c1-3-22-16-8-4-13(5-9-16)12-18-19-17(20)14-6-10-15(21-2)11-7-14/h4-12H,3H2,1-2H3,(H,19,20). The van der Waals surface area contributed by atoms with Crippen LogP contribution in [-0.4, -0.2) is 25.8 Å². The second kappa shape index (κ2) is 7.83. The van der Waals surface area contributed by atoms with Crippen LogP contribution in [0, 0.1) is 0 Å². The topological polar surface area (TPSA) is 59.9 Å². The number of nitrogens with one attached hydrogen (secondary N) is 1. The van der Waals surface area contributed by atoms with Gasteiger partial charge in [-0.05, 0) is 61.0 Å². The molecule has 0 aliphatic rings. The van der Waals surface area contributed by atoms with Gasteiger partial charge < -0.3 is 9.47 Å². The summed E-state index contributed by atoms with van der Waals surface area (Å²) in [4.78, 5) is 11.9. The highest BCUT2D eigenvalue weighted by Crippen LogP contribution is 2.12. The minimum Gasteiger partial charge on any atom is -0.497 e. The molecule has 0 radical (unpaired) electrons. The predicted molar refractivity (Wildman–Crippen MR) is 85.7 cm³/mol. The van der Waals surface area contributed by atoms with Gasteiger partial charge in [0.2, 0.25) is 0 Å². The number of hydrazone groups is 1. The summed E-state index contributed by atoms with van der Waals surface area (Å²) in [5, 5.41) is 3.94. The van der Waals surface area contributed by atoms with Crippen LogP contribution in [-0.2, 0) is 0 Å². The van der Waals surface area contributed by atoms with Gasteiger partial charge in [-0.25, -0.2) is 5.43 Å². The Labute approximate surface area is 129 Å². The van der Waals surface area contributed by atoms with Gasteiger partial charge >= 0.3 is 0 Å². The molecule has 0 aliphatic heterocycles. The molecule has 22 heavy (non-hydrogen) atoms. The molecule has 2 aromatic rings. The van der Waals surface area contributed by atoms with Crippen LogP contribution >= 0.6 is 0 Å². The molecule has 0 unspecified atom stereocenters. The molecule has 2 aromatic carbocycles. The monoisotopic (exact) mass is 298 g/mol. The molecule has 0 heterocycles. The zero-order valence-electron chi connectivity index (χ0n) is 12.6. The summed E-state index contributed by atoms with van der Waals surface area (Å²) in [5.74, 6) is 1.24. The molecule has 0 aromatic heterocycles. The SMILES string of the molecule is CCOc1ccc(C=NNC(=O)c2ccc(OC)cc2)cc1. The second-order valence-corrected chi connectivity index (χ2v) is 4.43. The summed E-state index contributed by atoms with van der Waals surface area (Å²) in [6.07, 6.45) is 1.58. The van der Waals surface area contributed by atoms with E-state index in [-0.39, 0.29) is 5.91 Å². The molecule has 0 aliphatic carbocycles. The van der Waals surface area contributed by atoms with E-state index in [4.69, 9.17) is 9.47 Å². The average molecular weight is 298 g/mol. The van der Waals surface area contributed by atoms with Gasteiger partial charge in [0, 0.05) is 5.56 Å². The van der Waals surface area contributed by atoms with Gasteiger partial charge in [0.05, 0.1) is 19.9 Å². The van der Waals surface area contributed by atoms with Crippen LogP contribution in [0.2, 0.25) is 0 Å². The van der Waals surface area contributed by atoms with Gasteiger partial charge in [-0.3, -0.25) is 4.79 Å². The van der Waals surface area contributed by atoms with Crippen LogP contribution in [0.1, 0.15) is 22.8 Å². The third kappa shape index (κ3) is 4.34. The largest absolute Gasteiger partial charge is 0.497 e. The first-order valence-electron chi connectivity index (χ1n) is 6.93. The van der Waals surface area contributed by atoms with E-state index in [0.29, 0.717) is 17.9 Å². The Morgan fingerprint density at radius 3 is 2.32 bits per heavy atom. The van der Waals surface area contributed by atoms with Crippen molar-refractivity contribution in [3.05, 3.63) is 59.7 Å². The van der Waals surface area contributed by atoms with Crippen LogP contribution in [0.4, 0.5) is 0 Å². The lowest BCUT2D eigenvalue weighted by atomic mass is 10.2. The fourth-order valence-corrected chi connectivity index (χ4v) is 1.79. The van der Waals surface area contributed by atoms with Crippen LogP contribution in [0.15, 0.2) is 53.6 Å². The molecule has 1 N–H and O–H groups in total. The van der Waals surface area contributed by atoms with Gasteiger partial charge in [-0.1, -0.05) is 0 Å². The Kier molecular flexibility index (Phi) is 5.54. The van der Waals surface area contributed by atoms with E-state index in [9.17, 15) is 4.79 Å². The first-order valence-corrected chi connectivity index (χ1v) is 6.93. The first-order chi connectivity index (χ1) is 10.7. The smallest absolute Gasteiger partial charge is 0.271 e. The van der Waals surface area contributed by atoms with Crippen molar-refractivity contribution in [2.45, 2.75) is 6.92 Å². The highest BCUT2D eigenvalue weighted by molar-refractivity contribution is 5.95. The maximum absolute atomic E-state index is 11.9. The summed E-state index contributed by atoms with van der Waals surface area (Å²) in [6.45, 7) is 2.56. The number of carbonyl (C=O) groups is 1. The van der Waals surface area contributed by atoms with E-state index in [0.717, 1.165) is 11.3 Å². The number of amides is 1. The van der Waals surface area contributed by atoms with Crippen LogP contribution in [0.5, 0.6) is 11.5 Å². The van der Waals surface area contributed by atoms with E-state index in [1.165, 1.54) is 0 Å². The van der Waals surface area contributed by atoms with Gasteiger partial charge in [0.1, 0.15) is 11.5 Å². The van der Waals surface area contributed by atoms with Crippen LogP contribution in [0.25, 0.3) is 0 Å². The molecule has 0 saturated carbocycles. The molecule has 0 spiro atoms. The van der Waals surface area contributed by atoms with E-state index >= 15 is 0 Å². The molecule has 0 atom stereocenters. The lowest BCUT2D eigenvalue weighted by Crippen LogP contribution is -2.17. The van der Waals surface area contributed by atoms with Crippen molar-refractivity contribution in [3.8, 4) is 11.5 Å². The molecular formula is C17H18N2O3. The molecular weight excluding hydrogens is 280 g/mol. The Bertz CT molecular complexity index is 634. The van der Waals surface area contributed by atoms with Crippen molar-refractivity contribution in [2.75, 3.05) is 13.7 Å². The zero-order chi connectivity index (χ0) is 15.8. The van der Waals surface area contributed by atoms with Crippen molar-refractivity contribution >= 4 is 12.1 Å². The fourth-order valence-electron chi connectivity index (χ4n) is 1.79. The van der Waals surface area contributed by atoms with E-state index in [2.05, 4.69) is 10.5 Å². The lowest BCUT2D eigenvalue weighted by Gasteiger charge is -2.03. The van der Waals surface area contributed by atoms with E-state index in [1.54, 1.807) is 37.6 Å². The normalized spacial score (nSPS) is 10.5. The maximum Gasteiger partial charge on any atom is 0.271 e. The molecule has 1 amide bonds. The Morgan fingerprint density at radius 2 is 1.73 bits per heavy atom. The van der Waals surface area contributed by atoms with Crippen molar-refractivity contribution < 1.29 is 14.3 Å². The number of benzene rings is 2. The number of rotatable bonds is 6. The van der Waals surface area contributed by atoms with Crippen molar-refractivity contribution in [3.63, 3.8) is 0 Å². The Balaban J connectivity index is 1.91. The number of nitrogens with zero attached hydrogens (tertiary/aromatic N) is 1. The molecule has 114 valence electrons. The van der Waals surface area contributed by atoms with Crippen molar-refractivity contribution in [1.29, 1.82) is 0 Å². The average Bonchev–Trinajstić information content (AvgIpc) is 2.56. The molecule has 2 rings (SSSR count). The fraction of sp³-hybridized carbons (Fsp3) is 0.176. The second-order valence-electron chi connectivity index (χ2n) is 4.43. The van der Waals surface area contributed by atoms with Crippen molar-refractivity contribution in [2.24, 2.45) is 5.10 Å². The summed E-state index contributed by atoms with van der Waals surface area (Å²) >= 11 is 0. The van der Waals surface area contributed by atoms with Gasteiger partial charge in [0.15, 0.2) is 0 Å². The Hall–Kier alpha value is -2.82. The highest BCUT2D eigenvalue weighted by atomic mass is 16.5. The number of hydrogen-bond donors (Lipinski definition) is 1. The molecule has 0 bridgehead atoms. The number of methoxy groups -OCH3 is 1.